The summed E-state index contributed by atoms with van der Waals surface area (Å²) in [6.07, 6.45) is 0. The van der Waals surface area contributed by atoms with Crippen LogP contribution in [-0.4, -0.2) is 35.2 Å². The van der Waals surface area contributed by atoms with E-state index in [-0.39, 0.29) is 33.5 Å². The molecule has 4 N–H and O–H groups in total. The Bertz CT molecular complexity index is 132. The molecule has 0 spiro atoms. The van der Waals surface area contributed by atoms with E-state index in [1.807, 2.05) is 9.67 Å². The molecule has 0 aromatic heterocycles. The molecule has 0 atom stereocenters. The van der Waals surface area contributed by atoms with E-state index in [1.165, 1.54) is 0 Å². The van der Waals surface area contributed by atoms with Crippen molar-refractivity contribution in [2.24, 2.45) is 0 Å². The summed E-state index contributed by atoms with van der Waals surface area (Å²) >= 11 is 9.53. The predicted octanol–water partition coefficient (Wildman–Crippen LogP) is -0.374. The Morgan fingerprint density at radius 3 is 1.23 bits per heavy atom. The molecular weight excluding hydrogens is 317 g/mol. The third-order valence-corrected chi connectivity index (χ3v) is 0.703. The van der Waals surface area contributed by atoms with Crippen LogP contribution in [0.15, 0.2) is 0 Å². The normalized spacial score (nSPS) is 7.54. The summed E-state index contributed by atoms with van der Waals surface area (Å²) in [6, 6.07) is 0. The zero-order valence-corrected chi connectivity index (χ0v) is 9.26. The molecule has 0 aliphatic carbocycles. The van der Waals surface area contributed by atoms with Gasteiger partial charge < -0.3 is 10.2 Å². The molecular formula is C4H8Cl2N2O4Pd. The van der Waals surface area contributed by atoms with Crippen LogP contribution in [-0.2, 0) is 30.0 Å². The standard InChI is InChI=1S/2C2H4ClNO2.Pd/c2*3-4-1-2(5)6;/h2*4H,1H2,(H,5,6);. The zero-order valence-electron chi connectivity index (χ0n) is 6.20. The third kappa shape index (κ3) is 33.2. The number of hydrogen-bond donors (Lipinski definition) is 4. The van der Waals surface area contributed by atoms with E-state index in [4.69, 9.17) is 33.8 Å². The number of carboxylic acids is 2. The minimum absolute atomic E-state index is 0. The van der Waals surface area contributed by atoms with E-state index in [1.54, 1.807) is 0 Å². The second-order valence-electron chi connectivity index (χ2n) is 1.41. The van der Waals surface area contributed by atoms with Crippen molar-refractivity contribution >= 4 is 35.5 Å². The van der Waals surface area contributed by atoms with E-state index in [9.17, 15) is 9.59 Å². The number of halogens is 2. The summed E-state index contributed by atoms with van der Waals surface area (Å²) in [5.74, 6) is -1.91. The first-order valence-corrected chi connectivity index (χ1v) is 3.40. The molecule has 0 aliphatic heterocycles. The Balaban J connectivity index is -0.000000143. The number of carbonyl (C=O) groups is 2. The first kappa shape index (κ1) is 18.8. The van der Waals surface area contributed by atoms with Crippen LogP contribution in [0.1, 0.15) is 0 Å². The second-order valence-corrected chi connectivity index (χ2v) is 1.94. The minimum Gasteiger partial charge on any atom is -0.480 e. The van der Waals surface area contributed by atoms with Crippen molar-refractivity contribution in [3.63, 3.8) is 0 Å². The molecule has 0 bridgehead atoms. The van der Waals surface area contributed by atoms with Gasteiger partial charge in [-0.15, -0.1) is 0 Å². The summed E-state index contributed by atoms with van der Waals surface area (Å²) in [5.41, 5.74) is 0. The fraction of sp³-hybridized carbons (Fsp3) is 0.500. The fourth-order valence-electron chi connectivity index (χ4n) is 0.114. The van der Waals surface area contributed by atoms with Gasteiger partial charge in [0.05, 0.1) is 0 Å². The number of rotatable bonds is 4. The Hall–Kier alpha value is 0.102. The average molecular weight is 325 g/mol. The number of carboxylic acid groups (broad SMARTS) is 2. The summed E-state index contributed by atoms with van der Waals surface area (Å²) in [5, 5.41) is 15.5. The maximum atomic E-state index is 9.45. The quantitative estimate of drug-likeness (QED) is 0.416. The molecule has 0 aromatic carbocycles. The maximum absolute atomic E-state index is 9.45. The molecule has 0 saturated heterocycles. The van der Waals surface area contributed by atoms with Gasteiger partial charge in [0.2, 0.25) is 0 Å². The van der Waals surface area contributed by atoms with Crippen molar-refractivity contribution in [2.75, 3.05) is 13.1 Å². The average Bonchev–Trinajstić information content (AvgIpc) is 1.87. The van der Waals surface area contributed by atoms with Gasteiger partial charge in [-0.1, -0.05) is 0 Å². The monoisotopic (exact) mass is 324 g/mol. The molecule has 0 heterocycles. The molecule has 0 amide bonds. The van der Waals surface area contributed by atoms with Crippen molar-refractivity contribution in [1.29, 1.82) is 0 Å². The van der Waals surface area contributed by atoms with Gasteiger partial charge in [0.1, 0.15) is 13.1 Å². The van der Waals surface area contributed by atoms with E-state index in [0.29, 0.717) is 0 Å². The van der Waals surface area contributed by atoms with Crippen LogP contribution in [0.25, 0.3) is 0 Å². The molecule has 0 aromatic rings. The predicted molar refractivity (Wildman–Crippen MR) is 43.0 cm³/mol. The Labute approximate surface area is 98.5 Å². The van der Waals surface area contributed by atoms with Crippen LogP contribution in [0.3, 0.4) is 0 Å². The second kappa shape index (κ2) is 14.6. The van der Waals surface area contributed by atoms with Crippen LogP contribution >= 0.6 is 23.6 Å². The van der Waals surface area contributed by atoms with Gasteiger partial charge in [0, 0.05) is 20.4 Å². The van der Waals surface area contributed by atoms with E-state index >= 15 is 0 Å². The van der Waals surface area contributed by atoms with Crippen molar-refractivity contribution in [1.82, 2.24) is 9.67 Å². The molecule has 0 aliphatic rings. The molecule has 6 nitrogen and oxygen atoms in total. The summed E-state index contributed by atoms with van der Waals surface area (Å²) in [4.78, 5) is 22.8. The van der Waals surface area contributed by atoms with E-state index in [2.05, 4.69) is 0 Å². The first-order chi connectivity index (χ1) is 5.54. The maximum Gasteiger partial charge on any atom is 0.318 e. The van der Waals surface area contributed by atoms with Gasteiger partial charge in [-0.25, -0.2) is 9.67 Å². The van der Waals surface area contributed by atoms with Crippen LogP contribution in [0.5, 0.6) is 0 Å². The summed E-state index contributed by atoms with van der Waals surface area (Å²) in [6.45, 7) is -0.386. The molecule has 0 saturated carbocycles. The van der Waals surface area contributed by atoms with Crippen molar-refractivity contribution in [3.05, 3.63) is 0 Å². The number of hydrogen-bond acceptors (Lipinski definition) is 4. The third-order valence-electron chi connectivity index (χ3n) is 0.436. The first-order valence-electron chi connectivity index (χ1n) is 2.65. The van der Waals surface area contributed by atoms with Crippen molar-refractivity contribution < 1.29 is 40.2 Å². The van der Waals surface area contributed by atoms with Crippen LogP contribution in [0.4, 0.5) is 0 Å². The zero-order chi connectivity index (χ0) is 9.98. The Morgan fingerprint density at radius 1 is 1.00 bits per heavy atom. The number of aliphatic carboxylic acids is 2. The summed E-state index contributed by atoms with van der Waals surface area (Å²) in [7, 11) is 0. The SMILES string of the molecule is O=C(O)CNCl.O=C(O)CNCl.[Pd]. The molecule has 0 radical (unpaired) electrons. The molecule has 9 heteroatoms. The van der Waals surface area contributed by atoms with E-state index in [0.717, 1.165) is 0 Å². The van der Waals surface area contributed by atoms with Crippen LogP contribution in [0, 0.1) is 0 Å². The van der Waals surface area contributed by atoms with Crippen molar-refractivity contribution in [2.45, 2.75) is 0 Å². The van der Waals surface area contributed by atoms with Gasteiger partial charge in [-0.2, -0.15) is 0 Å². The van der Waals surface area contributed by atoms with Crippen LogP contribution in [0.2, 0.25) is 0 Å². The van der Waals surface area contributed by atoms with Crippen molar-refractivity contribution in [3.8, 4) is 0 Å². The molecule has 13 heavy (non-hydrogen) atoms. The molecule has 82 valence electrons. The van der Waals surface area contributed by atoms with Crippen LogP contribution < -0.4 is 9.67 Å². The molecule has 0 unspecified atom stereocenters. The van der Waals surface area contributed by atoms with Gasteiger partial charge >= 0.3 is 11.9 Å². The van der Waals surface area contributed by atoms with Gasteiger partial charge in [0.25, 0.3) is 0 Å². The molecule has 0 fully saturated rings. The topological polar surface area (TPSA) is 98.7 Å². The minimum atomic E-state index is -0.954. The summed E-state index contributed by atoms with van der Waals surface area (Å²) < 4.78 is 0. The largest absolute Gasteiger partial charge is 0.480 e. The van der Waals surface area contributed by atoms with Gasteiger partial charge in [0.15, 0.2) is 0 Å². The Morgan fingerprint density at radius 2 is 1.23 bits per heavy atom. The van der Waals surface area contributed by atoms with Gasteiger partial charge in [-0.05, 0) is 23.6 Å². The van der Waals surface area contributed by atoms with Gasteiger partial charge in [-0.3, -0.25) is 9.59 Å². The Kier molecular flexibility index (Phi) is 21.1. The fourth-order valence-corrected chi connectivity index (χ4v) is 0.343. The number of nitrogens with one attached hydrogen (secondary N) is 2. The molecule has 0 rings (SSSR count). The van der Waals surface area contributed by atoms with E-state index < -0.39 is 11.9 Å². The smallest absolute Gasteiger partial charge is 0.318 e.